The highest BCUT2D eigenvalue weighted by Gasteiger charge is 2.23. The first-order valence-electron chi connectivity index (χ1n) is 9.79. The van der Waals surface area contributed by atoms with E-state index in [-0.39, 0.29) is 5.91 Å². The monoisotopic (exact) mass is 421 g/mol. The van der Waals surface area contributed by atoms with Crippen molar-refractivity contribution < 1.29 is 19.0 Å². The molecule has 0 fully saturated rings. The van der Waals surface area contributed by atoms with Crippen LogP contribution in [0, 0.1) is 0 Å². The lowest BCUT2D eigenvalue weighted by molar-refractivity contribution is -0.115. The number of carbonyl (C=O) groups excluding carboxylic acids is 1. The Hall–Kier alpha value is -3.12. The highest BCUT2D eigenvalue weighted by molar-refractivity contribution is 8.00. The number of anilines is 1. The number of amides is 1. The van der Waals surface area contributed by atoms with Gasteiger partial charge >= 0.3 is 0 Å². The Bertz CT molecular complexity index is 1010. The molecule has 3 aromatic rings. The van der Waals surface area contributed by atoms with Crippen LogP contribution < -0.4 is 19.5 Å². The van der Waals surface area contributed by atoms with Gasteiger partial charge in [-0.3, -0.25) is 4.79 Å². The summed E-state index contributed by atoms with van der Waals surface area (Å²) in [7, 11) is 1.60. The van der Waals surface area contributed by atoms with Crippen LogP contribution in [-0.4, -0.2) is 26.2 Å². The van der Waals surface area contributed by atoms with E-state index < -0.39 is 5.25 Å². The Morgan fingerprint density at radius 2 is 1.77 bits per heavy atom. The molecule has 0 unspecified atom stereocenters. The molecule has 0 spiro atoms. The minimum Gasteiger partial charge on any atom is -0.497 e. The maximum absolute atomic E-state index is 13.2. The van der Waals surface area contributed by atoms with Crippen LogP contribution in [0.3, 0.4) is 0 Å². The standard InChI is InChI=1S/C24H23NO4S/c1-27-19-10-5-9-18(15-19)25-24(26)23(17-7-3-2-4-8-17)30-20-11-12-21-22(16-20)29-14-6-13-28-21/h2-5,7-12,15-16,23H,6,13-14H2,1H3,(H,25,26)/t23-/m1/s1. The van der Waals surface area contributed by atoms with Crippen LogP contribution in [0.1, 0.15) is 17.2 Å². The Balaban J connectivity index is 1.59. The molecule has 0 bridgehead atoms. The predicted molar refractivity (Wildman–Crippen MR) is 119 cm³/mol. The van der Waals surface area contributed by atoms with Gasteiger partial charge in [-0.1, -0.05) is 36.4 Å². The Morgan fingerprint density at radius 3 is 2.57 bits per heavy atom. The molecule has 154 valence electrons. The Labute approximate surface area is 180 Å². The molecule has 0 saturated heterocycles. The quantitative estimate of drug-likeness (QED) is 0.545. The number of benzene rings is 3. The minimum atomic E-state index is -0.429. The van der Waals surface area contributed by atoms with Crippen molar-refractivity contribution in [2.24, 2.45) is 0 Å². The zero-order valence-corrected chi connectivity index (χ0v) is 17.5. The molecule has 1 aliphatic rings. The zero-order valence-electron chi connectivity index (χ0n) is 16.7. The number of ether oxygens (including phenoxy) is 3. The first kappa shape index (κ1) is 20.2. The van der Waals surface area contributed by atoms with E-state index in [2.05, 4.69) is 5.32 Å². The fraction of sp³-hybridized carbons (Fsp3) is 0.208. The normalized spacial score (nSPS) is 13.8. The first-order valence-corrected chi connectivity index (χ1v) is 10.7. The average Bonchev–Trinajstić information content (AvgIpc) is 3.03. The maximum atomic E-state index is 13.2. The van der Waals surface area contributed by atoms with E-state index in [1.807, 2.05) is 66.7 Å². The summed E-state index contributed by atoms with van der Waals surface area (Å²) < 4.78 is 16.8. The van der Waals surface area contributed by atoms with Gasteiger partial charge in [-0.05, 0) is 35.9 Å². The van der Waals surface area contributed by atoms with E-state index in [1.165, 1.54) is 11.8 Å². The molecular weight excluding hydrogens is 398 g/mol. The van der Waals surface area contributed by atoms with Crippen molar-refractivity contribution in [3.8, 4) is 17.2 Å². The molecule has 1 N–H and O–H groups in total. The third-order valence-corrected chi connectivity index (χ3v) is 5.90. The van der Waals surface area contributed by atoms with Crippen LogP contribution in [0.2, 0.25) is 0 Å². The largest absolute Gasteiger partial charge is 0.497 e. The van der Waals surface area contributed by atoms with Crippen LogP contribution in [0.4, 0.5) is 5.69 Å². The second kappa shape index (κ2) is 9.59. The number of thioether (sulfide) groups is 1. The van der Waals surface area contributed by atoms with E-state index in [0.29, 0.717) is 24.7 Å². The van der Waals surface area contributed by atoms with Gasteiger partial charge in [-0.2, -0.15) is 0 Å². The molecule has 5 nitrogen and oxygen atoms in total. The van der Waals surface area contributed by atoms with Crippen LogP contribution in [0.25, 0.3) is 0 Å². The Kier molecular flexibility index (Phi) is 6.44. The molecule has 1 aliphatic heterocycles. The summed E-state index contributed by atoms with van der Waals surface area (Å²) in [6.07, 6.45) is 0.854. The van der Waals surface area contributed by atoms with Crippen molar-refractivity contribution in [2.45, 2.75) is 16.6 Å². The molecule has 6 heteroatoms. The highest BCUT2D eigenvalue weighted by atomic mass is 32.2. The molecule has 0 saturated carbocycles. The fourth-order valence-corrected chi connectivity index (χ4v) is 4.22. The number of nitrogens with one attached hydrogen (secondary N) is 1. The lowest BCUT2D eigenvalue weighted by atomic mass is 10.1. The van der Waals surface area contributed by atoms with E-state index in [9.17, 15) is 4.79 Å². The van der Waals surface area contributed by atoms with Gasteiger partial charge in [0.25, 0.3) is 0 Å². The van der Waals surface area contributed by atoms with Gasteiger partial charge in [0, 0.05) is 23.1 Å². The number of methoxy groups -OCH3 is 1. The molecule has 1 amide bonds. The fourth-order valence-electron chi connectivity index (χ4n) is 3.16. The predicted octanol–water partition coefficient (Wildman–Crippen LogP) is 5.33. The number of hydrogen-bond acceptors (Lipinski definition) is 5. The van der Waals surface area contributed by atoms with Crippen LogP contribution >= 0.6 is 11.8 Å². The average molecular weight is 422 g/mol. The molecule has 0 radical (unpaired) electrons. The van der Waals surface area contributed by atoms with Gasteiger partial charge < -0.3 is 19.5 Å². The van der Waals surface area contributed by atoms with Gasteiger partial charge in [0.05, 0.1) is 20.3 Å². The second-order valence-corrected chi connectivity index (χ2v) is 7.97. The SMILES string of the molecule is COc1cccc(NC(=O)[C@H](Sc2ccc3c(c2)OCCCO3)c2ccccc2)c1. The lowest BCUT2D eigenvalue weighted by Crippen LogP contribution is -2.19. The Morgan fingerprint density at radius 1 is 0.967 bits per heavy atom. The first-order chi connectivity index (χ1) is 14.7. The molecular formula is C24H23NO4S. The molecule has 1 atom stereocenters. The number of carbonyl (C=O) groups is 1. The van der Waals surface area contributed by atoms with E-state index in [0.717, 1.165) is 28.4 Å². The smallest absolute Gasteiger partial charge is 0.242 e. The van der Waals surface area contributed by atoms with E-state index in [4.69, 9.17) is 14.2 Å². The summed E-state index contributed by atoms with van der Waals surface area (Å²) in [5.41, 5.74) is 1.62. The van der Waals surface area contributed by atoms with Gasteiger partial charge in [0.1, 0.15) is 11.0 Å². The van der Waals surface area contributed by atoms with Crippen LogP contribution in [0.15, 0.2) is 77.7 Å². The van der Waals surface area contributed by atoms with Crippen LogP contribution in [-0.2, 0) is 4.79 Å². The number of rotatable bonds is 6. The van der Waals surface area contributed by atoms with Crippen molar-refractivity contribution in [1.29, 1.82) is 0 Å². The van der Waals surface area contributed by atoms with Crippen molar-refractivity contribution in [3.05, 3.63) is 78.4 Å². The van der Waals surface area contributed by atoms with Crippen molar-refractivity contribution in [3.63, 3.8) is 0 Å². The number of fused-ring (bicyclic) bond motifs is 1. The summed E-state index contributed by atoms with van der Waals surface area (Å²) in [4.78, 5) is 14.2. The van der Waals surface area contributed by atoms with Crippen molar-refractivity contribution in [1.82, 2.24) is 0 Å². The zero-order chi connectivity index (χ0) is 20.8. The van der Waals surface area contributed by atoms with Crippen molar-refractivity contribution >= 4 is 23.4 Å². The molecule has 0 aliphatic carbocycles. The summed E-state index contributed by atoms with van der Waals surface area (Å²) >= 11 is 1.48. The second-order valence-electron chi connectivity index (χ2n) is 6.79. The topological polar surface area (TPSA) is 56.8 Å². The molecule has 3 aromatic carbocycles. The highest BCUT2D eigenvalue weighted by Crippen LogP contribution is 2.40. The summed E-state index contributed by atoms with van der Waals surface area (Å²) in [6, 6.07) is 22.9. The number of hydrogen-bond donors (Lipinski definition) is 1. The van der Waals surface area contributed by atoms with Gasteiger partial charge in [-0.15, -0.1) is 11.8 Å². The van der Waals surface area contributed by atoms with Crippen molar-refractivity contribution in [2.75, 3.05) is 25.6 Å². The third-order valence-electron chi connectivity index (χ3n) is 4.65. The van der Waals surface area contributed by atoms with Gasteiger partial charge in [-0.25, -0.2) is 0 Å². The van der Waals surface area contributed by atoms with Gasteiger partial charge in [0.2, 0.25) is 5.91 Å². The molecule has 30 heavy (non-hydrogen) atoms. The van der Waals surface area contributed by atoms with Gasteiger partial charge in [0.15, 0.2) is 11.5 Å². The summed E-state index contributed by atoms with van der Waals surface area (Å²) in [6.45, 7) is 1.27. The third kappa shape index (κ3) is 4.89. The molecule has 0 aromatic heterocycles. The van der Waals surface area contributed by atoms with Crippen LogP contribution in [0.5, 0.6) is 17.2 Å². The minimum absolute atomic E-state index is 0.105. The summed E-state index contributed by atoms with van der Waals surface area (Å²) in [5, 5.41) is 2.58. The molecule has 4 rings (SSSR count). The lowest BCUT2D eigenvalue weighted by Gasteiger charge is -2.18. The maximum Gasteiger partial charge on any atom is 0.242 e. The van der Waals surface area contributed by atoms with E-state index in [1.54, 1.807) is 13.2 Å². The molecule has 1 heterocycles. The van der Waals surface area contributed by atoms with E-state index >= 15 is 0 Å². The summed E-state index contributed by atoms with van der Waals surface area (Å²) in [5.74, 6) is 2.05.